The van der Waals surface area contributed by atoms with Crippen LogP contribution in [0.1, 0.15) is 41.0 Å². The van der Waals surface area contributed by atoms with Crippen molar-refractivity contribution in [3.8, 4) is 0 Å². The van der Waals surface area contributed by atoms with Gasteiger partial charge in [-0.2, -0.15) is 4.31 Å². The number of nitrogens with one attached hydrogen (secondary N) is 2. The molecule has 1 heterocycles. The summed E-state index contributed by atoms with van der Waals surface area (Å²) in [6.45, 7) is 8.86. The Balaban J connectivity index is 1.70. The number of aromatic nitrogens is 1. The molecule has 0 aliphatic heterocycles. The number of carbonyl (C=O) groups excluding carboxylic acids is 1. The molecule has 6 nitrogen and oxygen atoms in total. The number of nitrogens with zero attached hydrogens (tertiary/aromatic N) is 1. The third-order valence-electron chi connectivity index (χ3n) is 5.05. The number of benzene rings is 2. The first-order chi connectivity index (χ1) is 13.8. The van der Waals surface area contributed by atoms with Gasteiger partial charge in [-0.15, -0.1) is 0 Å². The first kappa shape index (κ1) is 21.1. The van der Waals surface area contributed by atoms with Gasteiger partial charge in [0.2, 0.25) is 10.0 Å². The van der Waals surface area contributed by atoms with Gasteiger partial charge in [0.25, 0.3) is 5.91 Å². The van der Waals surface area contributed by atoms with E-state index in [0.29, 0.717) is 25.3 Å². The largest absolute Gasteiger partial charge is 0.351 e. The van der Waals surface area contributed by atoms with E-state index in [2.05, 4.69) is 16.4 Å². The Morgan fingerprint density at radius 3 is 2.31 bits per heavy atom. The summed E-state index contributed by atoms with van der Waals surface area (Å²) in [6, 6.07) is 12.6. The molecule has 2 N–H and O–H groups in total. The lowest BCUT2D eigenvalue weighted by Gasteiger charge is -2.18. The second kappa shape index (κ2) is 8.39. The van der Waals surface area contributed by atoms with E-state index < -0.39 is 10.0 Å². The first-order valence-electron chi connectivity index (χ1n) is 9.73. The molecular weight excluding hydrogens is 386 g/mol. The van der Waals surface area contributed by atoms with Gasteiger partial charge in [0.05, 0.1) is 4.90 Å². The molecule has 3 rings (SSSR count). The molecule has 2 aromatic carbocycles. The van der Waals surface area contributed by atoms with Gasteiger partial charge in [0, 0.05) is 30.5 Å². The Kier molecular flexibility index (Phi) is 6.10. The molecule has 1 aromatic heterocycles. The van der Waals surface area contributed by atoms with Gasteiger partial charge in [0.1, 0.15) is 5.69 Å². The zero-order chi connectivity index (χ0) is 21.2. The molecule has 0 saturated carbocycles. The summed E-state index contributed by atoms with van der Waals surface area (Å²) in [5.41, 5.74) is 4.55. The predicted molar refractivity (Wildman–Crippen MR) is 115 cm³/mol. The van der Waals surface area contributed by atoms with Crippen LogP contribution in [-0.2, 0) is 16.6 Å². The highest BCUT2D eigenvalue weighted by Gasteiger charge is 2.21. The van der Waals surface area contributed by atoms with E-state index in [1.807, 2.05) is 39.8 Å². The molecule has 7 heteroatoms. The number of amides is 1. The summed E-state index contributed by atoms with van der Waals surface area (Å²) < 4.78 is 26.5. The van der Waals surface area contributed by atoms with Crippen LogP contribution in [-0.4, -0.2) is 36.7 Å². The van der Waals surface area contributed by atoms with Crippen LogP contribution in [0.2, 0.25) is 0 Å². The molecular formula is C22H27N3O3S. The molecule has 0 aliphatic carbocycles. The number of hydrogen-bond donors (Lipinski definition) is 2. The molecule has 3 aromatic rings. The average molecular weight is 414 g/mol. The molecule has 0 unspecified atom stereocenters. The van der Waals surface area contributed by atoms with Crippen molar-refractivity contribution in [3.05, 3.63) is 64.8 Å². The number of hydrogen-bond acceptors (Lipinski definition) is 3. The fourth-order valence-corrected chi connectivity index (χ4v) is 4.95. The van der Waals surface area contributed by atoms with Gasteiger partial charge in [-0.05, 0) is 54.8 Å². The van der Waals surface area contributed by atoms with Crippen LogP contribution in [0.15, 0.2) is 47.4 Å². The van der Waals surface area contributed by atoms with E-state index in [1.165, 1.54) is 4.31 Å². The minimum absolute atomic E-state index is 0.196. The summed E-state index contributed by atoms with van der Waals surface area (Å²) in [4.78, 5) is 16.0. The number of sulfonamides is 1. The van der Waals surface area contributed by atoms with Crippen molar-refractivity contribution in [1.82, 2.24) is 14.6 Å². The van der Waals surface area contributed by atoms with E-state index in [-0.39, 0.29) is 10.8 Å². The highest BCUT2D eigenvalue weighted by Crippen LogP contribution is 2.21. The van der Waals surface area contributed by atoms with Crippen LogP contribution in [0.4, 0.5) is 0 Å². The van der Waals surface area contributed by atoms with Crippen molar-refractivity contribution in [3.63, 3.8) is 0 Å². The third kappa shape index (κ3) is 4.36. The Morgan fingerprint density at radius 1 is 1.03 bits per heavy atom. The van der Waals surface area contributed by atoms with Crippen LogP contribution < -0.4 is 5.32 Å². The van der Waals surface area contributed by atoms with Gasteiger partial charge < -0.3 is 10.3 Å². The molecule has 0 fully saturated rings. The van der Waals surface area contributed by atoms with Crippen molar-refractivity contribution >= 4 is 26.8 Å². The minimum Gasteiger partial charge on any atom is -0.351 e. The molecule has 0 aliphatic rings. The van der Waals surface area contributed by atoms with Gasteiger partial charge in [-0.1, -0.05) is 32.0 Å². The summed E-state index contributed by atoms with van der Waals surface area (Å²) in [5, 5.41) is 3.92. The average Bonchev–Trinajstić information content (AvgIpc) is 3.11. The highest BCUT2D eigenvalue weighted by molar-refractivity contribution is 7.89. The van der Waals surface area contributed by atoms with Gasteiger partial charge >= 0.3 is 0 Å². The quantitative estimate of drug-likeness (QED) is 0.619. The number of H-pyrrole nitrogens is 1. The standard InChI is InChI=1S/C22H27N3O3S/c1-5-25(6-2)29(27,28)18-9-7-17(8-10-18)14-23-22(26)21-13-19-16(4)11-15(3)12-20(19)24-21/h7-13,24H,5-6,14H2,1-4H3,(H,23,26). The molecule has 0 saturated heterocycles. The van der Waals surface area contributed by atoms with Crippen molar-refractivity contribution in [2.75, 3.05) is 13.1 Å². The number of carbonyl (C=O) groups is 1. The summed E-state index contributed by atoms with van der Waals surface area (Å²) in [5.74, 6) is -0.196. The van der Waals surface area contributed by atoms with Crippen molar-refractivity contribution in [1.29, 1.82) is 0 Å². The Morgan fingerprint density at radius 2 is 1.69 bits per heavy atom. The van der Waals surface area contributed by atoms with Gasteiger partial charge in [-0.3, -0.25) is 4.79 Å². The predicted octanol–water partition coefficient (Wildman–Crippen LogP) is 3.75. The monoisotopic (exact) mass is 413 g/mol. The normalized spacial score (nSPS) is 11.9. The molecule has 29 heavy (non-hydrogen) atoms. The Bertz CT molecular complexity index is 1130. The van der Waals surface area contributed by atoms with Gasteiger partial charge in [-0.25, -0.2) is 8.42 Å². The van der Waals surface area contributed by atoms with Crippen molar-refractivity contribution in [2.45, 2.75) is 39.1 Å². The van der Waals surface area contributed by atoms with E-state index in [0.717, 1.165) is 27.6 Å². The lowest BCUT2D eigenvalue weighted by atomic mass is 10.1. The zero-order valence-electron chi connectivity index (χ0n) is 17.2. The van der Waals surface area contributed by atoms with E-state index in [4.69, 9.17) is 0 Å². The van der Waals surface area contributed by atoms with Crippen molar-refractivity contribution < 1.29 is 13.2 Å². The van der Waals surface area contributed by atoms with Crippen LogP contribution in [0.5, 0.6) is 0 Å². The number of fused-ring (bicyclic) bond motifs is 1. The summed E-state index contributed by atoms with van der Waals surface area (Å²) in [7, 11) is -3.47. The number of aryl methyl sites for hydroxylation is 2. The van der Waals surface area contributed by atoms with Crippen LogP contribution in [0.3, 0.4) is 0 Å². The zero-order valence-corrected chi connectivity index (χ0v) is 18.1. The SMILES string of the molecule is CCN(CC)S(=O)(=O)c1ccc(CNC(=O)c2cc3c(C)cc(C)cc3[nH]2)cc1. The van der Waals surface area contributed by atoms with Crippen LogP contribution in [0.25, 0.3) is 10.9 Å². The van der Waals surface area contributed by atoms with Crippen molar-refractivity contribution in [2.24, 2.45) is 0 Å². The summed E-state index contributed by atoms with van der Waals surface area (Å²) >= 11 is 0. The molecule has 0 atom stereocenters. The van der Waals surface area contributed by atoms with E-state index in [9.17, 15) is 13.2 Å². The lowest BCUT2D eigenvalue weighted by molar-refractivity contribution is 0.0946. The van der Waals surface area contributed by atoms with Gasteiger partial charge in [0.15, 0.2) is 0 Å². The molecule has 0 spiro atoms. The maximum atomic E-state index is 12.5. The topological polar surface area (TPSA) is 82.3 Å². The molecule has 0 bridgehead atoms. The molecule has 154 valence electrons. The maximum Gasteiger partial charge on any atom is 0.267 e. The highest BCUT2D eigenvalue weighted by atomic mass is 32.2. The Hall–Kier alpha value is -2.64. The number of aromatic amines is 1. The van der Waals surface area contributed by atoms with E-state index >= 15 is 0 Å². The van der Waals surface area contributed by atoms with Crippen LogP contribution >= 0.6 is 0 Å². The third-order valence-corrected chi connectivity index (χ3v) is 7.12. The lowest BCUT2D eigenvalue weighted by Crippen LogP contribution is -2.30. The number of rotatable bonds is 7. The second-order valence-corrected chi connectivity index (χ2v) is 9.08. The fraction of sp³-hybridized carbons (Fsp3) is 0.318. The molecule has 0 radical (unpaired) electrons. The molecule has 1 amide bonds. The summed E-state index contributed by atoms with van der Waals surface area (Å²) in [6.07, 6.45) is 0. The smallest absolute Gasteiger partial charge is 0.267 e. The minimum atomic E-state index is -3.47. The van der Waals surface area contributed by atoms with Crippen LogP contribution in [0, 0.1) is 13.8 Å². The Labute approximate surface area is 172 Å². The fourth-order valence-electron chi connectivity index (χ4n) is 3.49. The second-order valence-electron chi connectivity index (χ2n) is 7.14. The first-order valence-corrected chi connectivity index (χ1v) is 11.2. The van der Waals surface area contributed by atoms with E-state index in [1.54, 1.807) is 24.3 Å². The maximum absolute atomic E-state index is 12.5.